The van der Waals surface area contributed by atoms with E-state index >= 15 is 0 Å². The highest BCUT2D eigenvalue weighted by atomic mass is 16.3. The summed E-state index contributed by atoms with van der Waals surface area (Å²) in [6, 6.07) is 8.47. The Morgan fingerprint density at radius 3 is 2.50 bits per heavy atom. The normalized spacial score (nSPS) is 21.9. The van der Waals surface area contributed by atoms with Gasteiger partial charge in [-0.05, 0) is 20.8 Å². The van der Waals surface area contributed by atoms with Crippen molar-refractivity contribution in [2.24, 2.45) is 0 Å². The lowest BCUT2D eigenvalue weighted by molar-refractivity contribution is 0.0669. The van der Waals surface area contributed by atoms with Crippen molar-refractivity contribution in [3.8, 4) is 11.3 Å². The van der Waals surface area contributed by atoms with Gasteiger partial charge in [-0.3, -0.25) is 4.79 Å². The zero-order chi connectivity index (χ0) is 15.7. The van der Waals surface area contributed by atoms with E-state index in [2.05, 4.69) is 24.1 Å². The molecule has 2 heterocycles. The number of carbonyl (C=O) groups is 1. The number of carbonyl (C=O) groups excluding carboxylic acids is 1. The molecule has 1 N–H and O–H groups in total. The van der Waals surface area contributed by atoms with Gasteiger partial charge in [0.15, 0.2) is 17.8 Å². The van der Waals surface area contributed by atoms with Crippen LogP contribution < -0.4 is 5.32 Å². The predicted octanol–water partition coefficient (Wildman–Crippen LogP) is 2.47. The molecule has 0 saturated carbocycles. The number of aryl methyl sites for hydroxylation is 1. The van der Waals surface area contributed by atoms with Crippen LogP contribution in [0.5, 0.6) is 0 Å². The molecule has 0 aliphatic carbocycles. The van der Waals surface area contributed by atoms with Crippen molar-refractivity contribution in [3.05, 3.63) is 41.9 Å². The van der Waals surface area contributed by atoms with Gasteiger partial charge in [-0.1, -0.05) is 29.8 Å². The molecule has 1 aromatic carbocycles. The minimum absolute atomic E-state index is 0.0653. The molecule has 5 heteroatoms. The van der Waals surface area contributed by atoms with E-state index in [1.54, 1.807) is 0 Å². The van der Waals surface area contributed by atoms with Crippen LogP contribution in [-0.4, -0.2) is 41.0 Å². The van der Waals surface area contributed by atoms with E-state index in [0.717, 1.165) is 5.56 Å². The van der Waals surface area contributed by atoms with Crippen LogP contribution in [0.25, 0.3) is 11.3 Å². The monoisotopic (exact) mass is 299 g/mol. The summed E-state index contributed by atoms with van der Waals surface area (Å²) < 4.78 is 5.48. The third-order valence-electron chi connectivity index (χ3n) is 3.93. The molecule has 3 rings (SSSR count). The maximum Gasteiger partial charge on any atom is 0.276 e. The smallest absolute Gasteiger partial charge is 0.276 e. The first-order chi connectivity index (χ1) is 10.5. The number of hydrogen-bond acceptors (Lipinski definition) is 4. The Hall–Kier alpha value is -2.14. The lowest BCUT2D eigenvalue weighted by Crippen LogP contribution is -2.55. The zero-order valence-corrected chi connectivity index (χ0v) is 13.2. The van der Waals surface area contributed by atoms with E-state index in [9.17, 15) is 4.79 Å². The molecule has 1 fully saturated rings. The van der Waals surface area contributed by atoms with Crippen LogP contribution in [0, 0.1) is 6.92 Å². The van der Waals surface area contributed by atoms with Gasteiger partial charge in [0.25, 0.3) is 5.91 Å². The van der Waals surface area contributed by atoms with Crippen molar-refractivity contribution in [3.63, 3.8) is 0 Å². The minimum atomic E-state index is -0.0653. The summed E-state index contributed by atoms with van der Waals surface area (Å²) in [4.78, 5) is 18.8. The first-order valence-electron chi connectivity index (χ1n) is 7.60. The first-order valence-corrected chi connectivity index (χ1v) is 7.60. The van der Waals surface area contributed by atoms with Gasteiger partial charge in [-0.15, -0.1) is 0 Å². The molecule has 1 amide bonds. The average Bonchev–Trinajstić information content (AvgIpc) is 2.95. The van der Waals surface area contributed by atoms with Crippen LogP contribution in [0.1, 0.15) is 29.9 Å². The Balaban J connectivity index is 1.88. The average molecular weight is 299 g/mol. The third kappa shape index (κ3) is 2.90. The van der Waals surface area contributed by atoms with Crippen molar-refractivity contribution in [1.82, 2.24) is 15.2 Å². The molecule has 0 unspecified atom stereocenters. The molecular formula is C17H21N3O2. The van der Waals surface area contributed by atoms with E-state index in [-0.39, 0.29) is 18.0 Å². The van der Waals surface area contributed by atoms with E-state index in [0.29, 0.717) is 24.5 Å². The molecule has 0 radical (unpaired) electrons. The molecule has 5 nitrogen and oxygen atoms in total. The molecule has 1 aliphatic heterocycles. The SMILES string of the molecule is Cc1ccc(-c2ocnc2C(=O)N2C[C@@H](C)N[C@H](C)C2)cc1. The number of rotatable bonds is 2. The highest BCUT2D eigenvalue weighted by Crippen LogP contribution is 2.25. The Kier molecular flexibility index (Phi) is 3.98. The van der Waals surface area contributed by atoms with Gasteiger partial charge in [0.05, 0.1) is 0 Å². The van der Waals surface area contributed by atoms with E-state index in [1.165, 1.54) is 12.0 Å². The summed E-state index contributed by atoms with van der Waals surface area (Å²) in [5.41, 5.74) is 2.44. The second-order valence-corrected chi connectivity index (χ2v) is 6.08. The molecule has 1 aliphatic rings. The van der Waals surface area contributed by atoms with Crippen LogP contribution >= 0.6 is 0 Å². The largest absolute Gasteiger partial charge is 0.443 e. The summed E-state index contributed by atoms with van der Waals surface area (Å²) in [5, 5.41) is 3.42. The van der Waals surface area contributed by atoms with Gasteiger partial charge >= 0.3 is 0 Å². The number of hydrogen-bond donors (Lipinski definition) is 1. The molecule has 1 saturated heterocycles. The summed E-state index contributed by atoms with van der Waals surface area (Å²) in [6.45, 7) is 7.56. The second-order valence-electron chi connectivity index (χ2n) is 6.08. The topological polar surface area (TPSA) is 58.4 Å². The molecule has 0 spiro atoms. The quantitative estimate of drug-likeness (QED) is 0.925. The number of nitrogens with one attached hydrogen (secondary N) is 1. The lowest BCUT2D eigenvalue weighted by Gasteiger charge is -2.35. The first kappa shape index (κ1) is 14.8. The maximum absolute atomic E-state index is 12.8. The lowest BCUT2D eigenvalue weighted by atomic mass is 10.1. The maximum atomic E-state index is 12.8. The molecular weight excluding hydrogens is 278 g/mol. The number of amides is 1. The fourth-order valence-electron chi connectivity index (χ4n) is 2.95. The van der Waals surface area contributed by atoms with E-state index in [1.807, 2.05) is 36.1 Å². The Morgan fingerprint density at radius 2 is 1.86 bits per heavy atom. The molecule has 1 aromatic heterocycles. The van der Waals surface area contributed by atoms with Crippen molar-refractivity contribution in [2.45, 2.75) is 32.9 Å². The second kappa shape index (κ2) is 5.93. The molecule has 22 heavy (non-hydrogen) atoms. The van der Waals surface area contributed by atoms with Gasteiger partial charge in [-0.25, -0.2) is 4.98 Å². The summed E-state index contributed by atoms with van der Waals surface area (Å²) >= 11 is 0. The third-order valence-corrected chi connectivity index (χ3v) is 3.93. The van der Waals surface area contributed by atoms with Crippen LogP contribution in [-0.2, 0) is 0 Å². The van der Waals surface area contributed by atoms with Gasteiger partial charge in [-0.2, -0.15) is 0 Å². The van der Waals surface area contributed by atoms with Crippen molar-refractivity contribution < 1.29 is 9.21 Å². The fraction of sp³-hybridized carbons (Fsp3) is 0.412. The fourth-order valence-corrected chi connectivity index (χ4v) is 2.95. The van der Waals surface area contributed by atoms with Crippen LogP contribution in [0.4, 0.5) is 0 Å². The van der Waals surface area contributed by atoms with E-state index in [4.69, 9.17) is 4.42 Å². The number of piperazine rings is 1. The summed E-state index contributed by atoms with van der Waals surface area (Å²) in [7, 11) is 0. The highest BCUT2D eigenvalue weighted by molar-refractivity contribution is 5.97. The molecule has 0 bridgehead atoms. The highest BCUT2D eigenvalue weighted by Gasteiger charge is 2.29. The number of aromatic nitrogens is 1. The van der Waals surface area contributed by atoms with Crippen LogP contribution in [0.3, 0.4) is 0 Å². The number of oxazole rings is 1. The standard InChI is InChI=1S/C17H21N3O2/c1-11-4-6-14(7-5-11)16-15(18-10-22-16)17(21)20-8-12(2)19-13(3)9-20/h4-7,10,12-13,19H,8-9H2,1-3H3/t12-,13-/m1/s1. The van der Waals surface area contributed by atoms with Gasteiger partial charge in [0.2, 0.25) is 0 Å². The Morgan fingerprint density at radius 1 is 1.23 bits per heavy atom. The molecule has 2 aromatic rings. The molecule has 2 atom stereocenters. The van der Waals surface area contributed by atoms with Gasteiger partial charge in [0, 0.05) is 30.7 Å². The zero-order valence-electron chi connectivity index (χ0n) is 13.2. The summed E-state index contributed by atoms with van der Waals surface area (Å²) in [5.74, 6) is 0.480. The van der Waals surface area contributed by atoms with Gasteiger partial charge in [0.1, 0.15) is 0 Å². The van der Waals surface area contributed by atoms with Crippen molar-refractivity contribution in [1.29, 1.82) is 0 Å². The minimum Gasteiger partial charge on any atom is -0.443 e. The van der Waals surface area contributed by atoms with Crippen LogP contribution in [0.15, 0.2) is 35.1 Å². The molecule has 116 valence electrons. The summed E-state index contributed by atoms with van der Waals surface area (Å²) in [6.07, 6.45) is 1.34. The van der Waals surface area contributed by atoms with Gasteiger partial charge < -0.3 is 14.6 Å². The van der Waals surface area contributed by atoms with Crippen molar-refractivity contribution >= 4 is 5.91 Å². The number of benzene rings is 1. The van der Waals surface area contributed by atoms with Crippen molar-refractivity contribution in [2.75, 3.05) is 13.1 Å². The van der Waals surface area contributed by atoms with E-state index < -0.39 is 0 Å². The Labute approximate surface area is 130 Å². The number of nitrogens with zero attached hydrogens (tertiary/aromatic N) is 2. The van der Waals surface area contributed by atoms with Crippen LogP contribution in [0.2, 0.25) is 0 Å². The Bertz CT molecular complexity index is 653. The predicted molar refractivity (Wildman–Crippen MR) is 84.6 cm³/mol.